The molecule has 0 radical (unpaired) electrons. The van der Waals surface area contributed by atoms with E-state index in [0.717, 1.165) is 5.69 Å². The Morgan fingerprint density at radius 2 is 2.17 bits per heavy atom. The number of phenols is 1. The zero-order chi connectivity index (χ0) is 13.1. The second kappa shape index (κ2) is 4.96. The molecule has 0 saturated heterocycles. The van der Waals surface area contributed by atoms with Gasteiger partial charge in [-0.3, -0.25) is 4.79 Å². The van der Waals surface area contributed by atoms with Crippen LogP contribution in [-0.2, 0) is 13.6 Å². The first kappa shape index (κ1) is 12.2. The van der Waals surface area contributed by atoms with Crippen LogP contribution in [0.4, 0.5) is 0 Å². The smallest absolute Gasteiger partial charge is 0.251 e. The highest BCUT2D eigenvalue weighted by Crippen LogP contribution is 2.16. The molecule has 2 rings (SSSR count). The van der Waals surface area contributed by atoms with E-state index < -0.39 is 0 Å². The average molecular weight is 244 g/mol. The second-order valence-electron chi connectivity index (χ2n) is 4.29. The third-order valence-corrected chi connectivity index (χ3v) is 2.94. The Balaban J connectivity index is 2.04. The maximum atomic E-state index is 11.9. The molecule has 0 unspecified atom stereocenters. The minimum Gasteiger partial charge on any atom is -0.508 e. The van der Waals surface area contributed by atoms with Crippen LogP contribution >= 0.6 is 0 Å². The molecule has 0 spiro atoms. The van der Waals surface area contributed by atoms with E-state index in [-0.39, 0.29) is 11.7 Å². The van der Waals surface area contributed by atoms with Gasteiger partial charge in [-0.15, -0.1) is 0 Å². The Bertz CT molecular complexity index is 573. The number of benzene rings is 1. The number of nitrogens with one attached hydrogen (secondary N) is 1. The molecule has 4 nitrogen and oxygen atoms in total. The van der Waals surface area contributed by atoms with Gasteiger partial charge >= 0.3 is 0 Å². The zero-order valence-corrected chi connectivity index (χ0v) is 10.5. The van der Waals surface area contributed by atoms with Gasteiger partial charge in [-0.05, 0) is 42.8 Å². The van der Waals surface area contributed by atoms with Gasteiger partial charge in [-0.2, -0.15) is 0 Å². The molecule has 2 aromatic rings. The molecule has 18 heavy (non-hydrogen) atoms. The van der Waals surface area contributed by atoms with Gasteiger partial charge in [0.15, 0.2) is 0 Å². The van der Waals surface area contributed by atoms with Crippen LogP contribution in [0.25, 0.3) is 0 Å². The number of hydrogen-bond donors (Lipinski definition) is 2. The fraction of sp³-hybridized carbons (Fsp3) is 0.214. The molecule has 0 fully saturated rings. The average Bonchev–Trinajstić information content (AvgIpc) is 2.75. The van der Waals surface area contributed by atoms with Crippen LogP contribution in [0.3, 0.4) is 0 Å². The maximum absolute atomic E-state index is 11.9. The van der Waals surface area contributed by atoms with E-state index in [9.17, 15) is 9.90 Å². The van der Waals surface area contributed by atoms with Gasteiger partial charge in [0.05, 0.1) is 6.54 Å². The highest BCUT2D eigenvalue weighted by molar-refractivity contribution is 5.94. The summed E-state index contributed by atoms with van der Waals surface area (Å²) in [5.74, 6) is 0.0632. The van der Waals surface area contributed by atoms with Crippen molar-refractivity contribution in [3.63, 3.8) is 0 Å². The maximum Gasteiger partial charge on any atom is 0.251 e. The van der Waals surface area contributed by atoms with Gasteiger partial charge in [0, 0.05) is 24.5 Å². The zero-order valence-electron chi connectivity index (χ0n) is 10.5. The SMILES string of the molecule is Cc1cc(C(=O)NCc2cccn2C)ccc1O. The molecule has 2 N–H and O–H groups in total. The Hall–Kier alpha value is -2.23. The number of amides is 1. The van der Waals surface area contributed by atoms with Crippen molar-refractivity contribution in [2.24, 2.45) is 7.05 Å². The second-order valence-corrected chi connectivity index (χ2v) is 4.29. The van der Waals surface area contributed by atoms with Crippen LogP contribution in [0, 0.1) is 6.92 Å². The van der Waals surface area contributed by atoms with Crippen LogP contribution in [0.1, 0.15) is 21.6 Å². The molecule has 0 aliphatic heterocycles. The molecule has 0 aliphatic carbocycles. The summed E-state index contributed by atoms with van der Waals surface area (Å²) >= 11 is 0. The van der Waals surface area contributed by atoms with Crippen LogP contribution in [-0.4, -0.2) is 15.6 Å². The number of carbonyl (C=O) groups excluding carboxylic acids is 1. The molecule has 94 valence electrons. The van der Waals surface area contributed by atoms with E-state index in [2.05, 4.69) is 5.32 Å². The number of nitrogens with zero attached hydrogens (tertiary/aromatic N) is 1. The van der Waals surface area contributed by atoms with Gasteiger partial charge in [0.25, 0.3) is 5.91 Å². The van der Waals surface area contributed by atoms with Crippen molar-refractivity contribution in [3.8, 4) is 5.75 Å². The normalized spacial score (nSPS) is 10.3. The van der Waals surface area contributed by atoms with Crippen molar-refractivity contribution in [2.75, 3.05) is 0 Å². The minimum absolute atomic E-state index is 0.140. The number of carbonyl (C=O) groups is 1. The van der Waals surface area contributed by atoms with Crippen LogP contribution < -0.4 is 5.32 Å². The lowest BCUT2D eigenvalue weighted by molar-refractivity contribution is 0.0950. The summed E-state index contributed by atoms with van der Waals surface area (Å²) < 4.78 is 1.96. The molecule has 1 heterocycles. The van der Waals surface area contributed by atoms with Gasteiger partial charge < -0.3 is 15.0 Å². The van der Waals surface area contributed by atoms with E-state index in [1.165, 1.54) is 6.07 Å². The Morgan fingerprint density at radius 1 is 1.39 bits per heavy atom. The van der Waals surface area contributed by atoms with Crippen LogP contribution in [0.5, 0.6) is 5.75 Å². The van der Waals surface area contributed by atoms with E-state index in [1.807, 2.05) is 29.9 Å². The molecule has 0 bridgehead atoms. The van der Waals surface area contributed by atoms with Crippen molar-refractivity contribution < 1.29 is 9.90 Å². The number of aromatic hydroxyl groups is 1. The monoisotopic (exact) mass is 244 g/mol. The summed E-state index contributed by atoms with van der Waals surface area (Å²) in [6.45, 7) is 2.26. The number of aryl methyl sites for hydroxylation is 2. The van der Waals surface area contributed by atoms with Crippen LogP contribution in [0.15, 0.2) is 36.5 Å². The summed E-state index contributed by atoms with van der Waals surface area (Å²) in [6.07, 6.45) is 1.94. The lowest BCUT2D eigenvalue weighted by Crippen LogP contribution is -2.23. The van der Waals surface area contributed by atoms with Crippen LogP contribution in [0.2, 0.25) is 0 Å². The summed E-state index contributed by atoms with van der Waals surface area (Å²) in [7, 11) is 1.94. The van der Waals surface area contributed by atoms with E-state index in [1.54, 1.807) is 19.1 Å². The third-order valence-electron chi connectivity index (χ3n) is 2.94. The summed E-state index contributed by atoms with van der Waals surface area (Å²) in [5, 5.41) is 12.3. The van der Waals surface area contributed by atoms with Gasteiger partial charge in [-0.1, -0.05) is 0 Å². The Kier molecular flexibility index (Phi) is 3.37. The van der Waals surface area contributed by atoms with Crippen molar-refractivity contribution in [1.82, 2.24) is 9.88 Å². The number of aromatic nitrogens is 1. The molecule has 1 aromatic heterocycles. The molecule has 0 atom stereocenters. The van der Waals surface area contributed by atoms with E-state index in [4.69, 9.17) is 0 Å². The van der Waals surface area contributed by atoms with Crippen molar-refractivity contribution in [3.05, 3.63) is 53.3 Å². The summed E-state index contributed by atoms with van der Waals surface area (Å²) in [6, 6.07) is 8.72. The fourth-order valence-corrected chi connectivity index (χ4v) is 1.75. The molecular weight excluding hydrogens is 228 g/mol. The summed E-state index contributed by atoms with van der Waals surface area (Å²) in [4.78, 5) is 11.9. The van der Waals surface area contributed by atoms with Gasteiger partial charge in [0.2, 0.25) is 0 Å². The van der Waals surface area contributed by atoms with Crippen molar-refractivity contribution >= 4 is 5.91 Å². The van der Waals surface area contributed by atoms with Crippen molar-refractivity contribution in [2.45, 2.75) is 13.5 Å². The van der Waals surface area contributed by atoms with Gasteiger partial charge in [-0.25, -0.2) is 0 Å². The van der Waals surface area contributed by atoms with E-state index >= 15 is 0 Å². The highest BCUT2D eigenvalue weighted by atomic mass is 16.3. The molecule has 0 saturated carbocycles. The molecule has 1 aromatic carbocycles. The minimum atomic E-state index is -0.140. The third kappa shape index (κ3) is 2.53. The number of rotatable bonds is 3. The molecule has 4 heteroatoms. The lowest BCUT2D eigenvalue weighted by Gasteiger charge is -2.07. The first-order valence-corrected chi connectivity index (χ1v) is 5.76. The predicted octanol–water partition coefficient (Wildman–Crippen LogP) is 1.97. The number of phenolic OH excluding ortho intramolecular Hbond substituents is 1. The first-order chi connectivity index (χ1) is 8.58. The summed E-state index contributed by atoms with van der Waals surface area (Å²) in [5.41, 5.74) is 2.29. The molecular formula is C14H16N2O2. The molecule has 0 aliphatic rings. The molecule has 1 amide bonds. The van der Waals surface area contributed by atoms with E-state index in [0.29, 0.717) is 17.7 Å². The topological polar surface area (TPSA) is 54.3 Å². The Morgan fingerprint density at radius 3 is 2.78 bits per heavy atom. The first-order valence-electron chi connectivity index (χ1n) is 5.76. The standard InChI is InChI=1S/C14H16N2O2/c1-10-8-11(5-6-13(10)17)14(18)15-9-12-4-3-7-16(12)2/h3-8,17H,9H2,1-2H3,(H,15,18). The van der Waals surface area contributed by atoms with Gasteiger partial charge in [0.1, 0.15) is 5.75 Å². The lowest BCUT2D eigenvalue weighted by atomic mass is 10.1. The Labute approximate surface area is 106 Å². The predicted molar refractivity (Wildman–Crippen MR) is 69.4 cm³/mol. The number of hydrogen-bond acceptors (Lipinski definition) is 2. The quantitative estimate of drug-likeness (QED) is 0.867. The largest absolute Gasteiger partial charge is 0.508 e. The fourth-order valence-electron chi connectivity index (χ4n) is 1.75. The highest BCUT2D eigenvalue weighted by Gasteiger charge is 2.07. The van der Waals surface area contributed by atoms with Crippen molar-refractivity contribution in [1.29, 1.82) is 0 Å².